The highest BCUT2D eigenvalue weighted by atomic mass is 28.4. The van der Waals surface area contributed by atoms with Gasteiger partial charge >= 0.3 is 0 Å². The second kappa shape index (κ2) is 7.03. The third kappa shape index (κ3) is 3.36. The van der Waals surface area contributed by atoms with E-state index in [1.165, 1.54) is 5.56 Å². The summed E-state index contributed by atoms with van der Waals surface area (Å²) in [5, 5.41) is 0.888. The van der Waals surface area contributed by atoms with Gasteiger partial charge in [-0.2, -0.15) is 0 Å². The minimum absolute atomic E-state index is 0.0147. The average Bonchev–Trinajstić information content (AvgIpc) is 3.05. The molecule has 1 amide bonds. The fourth-order valence-electron chi connectivity index (χ4n) is 4.30. The number of carbonyl (C=O) groups excluding carboxylic acids is 1. The van der Waals surface area contributed by atoms with Gasteiger partial charge in [-0.15, -0.1) is 0 Å². The number of carbonyl (C=O) groups is 1. The van der Waals surface area contributed by atoms with Crippen LogP contribution in [0.4, 0.5) is 0 Å². The fraction of sp³-hybridized carbons (Fsp3) is 0.409. The Bertz CT molecular complexity index is 899. The van der Waals surface area contributed by atoms with Crippen molar-refractivity contribution >= 4 is 19.4 Å². The molecule has 0 atom stereocenters. The van der Waals surface area contributed by atoms with Gasteiger partial charge in [0.1, 0.15) is 5.75 Å². The molecule has 0 saturated carbocycles. The Hall–Kier alpha value is -2.15. The maximum atomic E-state index is 13.0. The van der Waals surface area contributed by atoms with Gasteiger partial charge < -0.3 is 20.2 Å². The number of ether oxygens (including phenoxy) is 1. The molecule has 2 aliphatic heterocycles. The van der Waals surface area contributed by atoms with E-state index in [1.807, 2.05) is 54.4 Å². The van der Waals surface area contributed by atoms with Crippen LogP contribution in [-0.2, 0) is 12.0 Å². The first-order chi connectivity index (χ1) is 13.3. The van der Waals surface area contributed by atoms with Crippen molar-refractivity contribution in [3.8, 4) is 5.75 Å². The van der Waals surface area contributed by atoms with Gasteiger partial charge in [-0.25, -0.2) is 0 Å². The van der Waals surface area contributed by atoms with E-state index in [4.69, 9.17) is 10.5 Å². The molecule has 2 heterocycles. The van der Waals surface area contributed by atoms with Crippen molar-refractivity contribution in [2.75, 3.05) is 19.7 Å². The molecule has 3 N–H and O–H groups in total. The minimum Gasteiger partial charge on any atom is -0.492 e. The third-order valence-electron chi connectivity index (χ3n) is 6.18. The molecule has 5 nitrogen and oxygen atoms in total. The normalized spacial score (nSPS) is 18.1. The number of amides is 1. The van der Waals surface area contributed by atoms with E-state index in [2.05, 4.69) is 6.07 Å². The Balaban J connectivity index is 1.51. The SMILES string of the molecule is C[Si](C)(O)c1cccc(C(=O)N2CCC3(CC2)COc2ccc(CN)cc23)c1. The lowest BCUT2D eigenvalue weighted by Gasteiger charge is -2.38. The number of piperidine rings is 1. The molecule has 2 aromatic rings. The zero-order valence-corrected chi connectivity index (χ0v) is 17.6. The Morgan fingerprint density at radius 1 is 1.21 bits per heavy atom. The summed E-state index contributed by atoms with van der Waals surface area (Å²) >= 11 is 0. The molecule has 0 aromatic heterocycles. The van der Waals surface area contributed by atoms with Crippen LogP contribution in [-0.4, -0.2) is 43.6 Å². The quantitative estimate of drug-likeness (QED) is 0.779. The number of nitrogens with zero attached hydrogens (tertiary/aromatic N) is 1. The molecule has 1 saturated heterocycles. The second-order valence-electron chi connectivity index (χ2n) is 8.54. The molecule has 2 aliphatic rings. The van der Waals surface area contributed by atoms with E-state index >= 15 is 0 Å². The van der Waals surface area contributed by atoms with Crippen molar-refractivity contribution in [3.63, 3.8) is 0 Å². The highest BCUT2D eigenvalue weighted by Gasteiger charge is 2.44. The highest BCUT2D eigenvalue weighted by molar-refractivity contribution is 6.83. The maximum Gasteiger partial charge on any atom is 0.253 e. The van der Waals surface area contributed by atoms with E-state index in [1.54, 1.807) is 0 Å². The summed E-state index contributed by atoms with van der Waals surface area (Å²) in [6, 6.07) is 13.7. The van der Waals surface area contributed by atoms with Crippen molar-refractivity contribution in [3.05, 3.63) is 59.2 Å². The van der Waals surface area contributed by atoms with Crippen LogP contribution in [0.25, 0.3) is 0 Å². The van der Waals surface area contributed by atoms with Crippen molar-refractivity contribution in [1.29, 1.82) is 0 Å². The molecule has 1 fully saturated rings. The molecular weight excluding hydrogens is 368 g/mol. The largest absolute Gasteiger partial charge is 0.492 e. The summed E-state index contributed by atoms with van der Waals surface area (Å²) < 4.78 is 5.96. The van der Waals surface area contributed by atoms with Gasteiger partial charge in [0, 0.05) is 36.2 Å². The number of likely N-dealkylation sites (tertiary alicyclic amines) is 1. The lowest BCUT2D eigenvalue weighted by molar-refractivity contribution is 0.0646. The standard InChI is InChI=1S/C22H28N2O3Si/c1-28(2,26)18-5-3-4-17(13-18)21(25)24-10-8-22(9-11-24)15-27-20-7-6-16(14-23)12-19(20)22/h3-7,12-13,26H,8-11,14-15,23H2,1-2H3. The van der Waals surface area contributed by atoms with Crippen molar-refractivity contribution in [2.24, 2.45) is 5.73 Å². The number of nitrogens with two attached hydrogens (primary N) is 1. The van der Waals surface area contributed by atoms with E-state index in [-0.39, 0.29) is 11.3 Å². The topological polar surface area (TPSA) is 75.8 Å². The van der Waals surface area contributed by atoms with E-state index < -0.39 is 8.32 Å². The smallest absolute Gasteiger partial charge is 0.253 e. The lowest BCUT2D eigenvalue weighted by atomic mass is 9.74. The summed E-state index contributed by atoms with van der Waals surface area (Å²) in [6.45, 7) is 6.35. The maximum absolute atomic E-state index is 13.0. The Morgan fingerprint density at radius 3 is 2.64 bits per heavy atom. The monoisotopic (exact) mass is 396 g/mol. The van der Waals surface area contributed by atoms with Crippen LogP contribution in [0, 0.1) is 0 Å². The Morgan fingerprint density at radius 2 is 1.96 bits per heavy atom. The zero-order valence-electron chi connectivity index (χ0n) is 16.6. The molecule has 148 valence electrons. The van der Waals surface area contributed by atoms with Gasteiger partial charge in [0.2, 0.25) is 8.32 Å². The molecule has 28 heavy (non-hydrogen) atoms. The van der Waals surface area contributed by atoms with Crippen molar-refractivity contribution in [1.82, 2.24) is 4.90 Å². The molecule has 0 bridgehead atoms. The molecule has 2 aromatic carbocycles. The first-order valence-corrected chi connectivity index (χ1v) is 12.9. The number of rotatable bonds is 3. The predicted molar refractivity (Wildman–Crippen MR) is 112 cm³/mol. The first kappa shape index (κ1) is 19.2. The fourth-order valence-corrected chi connectivity index (χ4v) is 5.32. The molecule has 6 heteroatoms. The third-order valence-corrected chi connectivity index (χ3v) is 7.90. The Labute approximate surface area is 167 Å². The van der Waals surface area contributed by atoms with Gasteiger partial charge in [-0.3, -0.25) is 4.79 Å². The first-order valence-electron chi connectivity index (χ1n) is 9.91. The van der Waals surface area contributed by atoms with Crippen LogP contribution >= 0.6 is 0 Å². The number of fused-ring (bicyclic) bond motifs is 2. The van der Waals surface area contributed by atoms with E-state index in [9.17, 15) is 9.59 Å². The number of hydrogen-bond acceptors (Lipinski definition) is 4. The van der Waals surface area contributed by atoms with Crippen LogP contribution < -0.4 is 15.7 Å². The van der Waals surface area contributed by atoms with Gasteiger partial charge in [0.15, 0.2) is 0 Å². The van der Waals surface area contributed by atoms with Gasteiger partial charge in [-0.05, 0) is 54.9 Å². The van der Waals surface area contributed by atoms with Crippen LogP contribution in [0.15, 0.2) is 42.5 Å². The number of benzene rings is 2. The van der Waals surface area contributed by atoms with Crippen LogP contribution in [0.3, 0.4) is 0 Å². The zero-order chi connectivity index (χ0) is 19.9. The van der Waals surface area contributed by atoms with Gasteiger partial charge in [-0.1, -0.05) is 24.3 Å². The Kier molecular flexibility index (Phi) is 4.81. The lowest BCUT2D eigenvalue weighted by Crippen LogP contribution is -2.46. The van der Waals surface area contributed by atoms with Crippen LogP contribution in [0.1, 0.15) is 34.3 Å². The summed E-state index contributed by atoms with van der Waals surface area (Å²) in [6.07, 6.45) is 1.78. The van der Waals surface area contributed by atoms with Gasteiger partial charge in [0.05, 0.1) is 6.61 Å². The molecule has 0 unspecified atom stereocenters. The summed E-state index contributed by atoms with van der Waals surface area (Å²) in [7, 11) is -2.43. The van der Waals surface area contributed by atoms with Crippen LogP contribution in [0.2, 0.25) is 13.1 Å². The highest BCUT2D eigenvalue weighted by Crippen LogP contribution is 2.45. The molecule has 0 radical (unpaired) electrons. The molecule has 1 spiro atoms. The van der Waals surface area contributed by atoms with Crippen molar-refractivity contribution in [2.45, 2.75) is 37.9 Å². The second-order valence-corrected chi connectivity index (χ2v) is 12.2. The van der Waals surface area contributed by atoms with Crippen molar-refractivity contribution < 1.29 is 14.3 Å². The summed E-state index contributed by atoms with van der Waals surface area (Å²) in [5.74, 6) is 1.00. The average molecular weight is 397 g/mol. The summed E-state index contributed by atoms with van der Waals surface area (Å²) in [4.78, 5) is 25.3. The van der Waals surface area contributed by atoms with E-state index in [0.29, 0.717) is 31.8 Å². The molecular formula is C22H28N2O3Si. The molecule has 4 rings (SSSR count). The van der Waals surface area contributed by atoms with E-state index in [0.717, 1.165) is 29.3 Å². The van der Waals surface area contributed by atoms with Crippen LogP contribution in [0.5, 0.6) is 5.75 Å². The summed E-state index contributed by atoms with van der Waals surface area (Å²) in [5.41, 5.74) is 8.84. The minimum atomic E-state index is -2.43. The van der Waals surface area contributed by atoms with Gasteiger partial charge in [0.25, 0.3) is 5.91 Å². The number of hydrogen-bond donors (Lipinski definition) is 2. The predicted octanol–water partition coefficient (Wildman–Crippen LogP) is 2.12. The molecule has 0 aliphatic carbocycles.